The van der Waals surface area contributed by atoms with Crippen LogP contribution >= 0.6 is 0 Å². The molecule has 0 aromatic carbocycles. The largest absolute Gasteiger partial charge is 0.333 e. The van der Waals surface area contributed by atoms with Crippen molar-refractivity contribution < 1.29 is 13.6 Å². The number of likely N-dealkylation sites (N-methyl/N-ethyl adjacent to an activating group) is 1. The highest BCUT2D eigenvalue weighted by molar-refractivity contribution is 5.95. The van der Waals surface area contributed by atoms with Crippen LogP contribution < -0.4 is 4.90 Å². The summed E-state index contributed by atoms with van der Waals surface area (Å²) in [5.41, 5.74) is 0.429. The van der Waals surface area contributed by atoms with E-state index in [0.717, 1.165) is 6.54 Å². The van der Waals surface area contributed by atoms with Gasteiger partial charge in [0.2, 0.25) is 5.91 Å². The zero-order chi connectivity index (χ0) is 11.7. The lowest BCUT2D eigenvalue weighted by atomic mass is 10.3. The Bertz CT molecular complexity index is 393. The van der Waals surface area contributed by atoms with Crippen LogP contribution in [0.4, 0.5) is 14.5 Å². The third kappa shape index (κ3) is 2.04. The average Bonchev–Trinajstić information content (AvgIpc) is 2.66. The fourth-order valence-electron chi connectivity index (χ4n) is 1.64. The average molecular weight is 230 g/mol. The number of carbonyl (C=O) groups is 1. The molecule has 1 amide bonds. The van der Waals surface area contributed by atoms with Gasteiger partial charge in [-0.2, -0.15) is 13.9 Å². The Morgan fingerprint density at radius 3 is 2.75 bits per heavy atom. The molecule has 2 rings (SSSR count). The lowest BCUT2D eigenvalue weighted by Gasteiger charge is -2.30. The van der Waals surface area contributed by atoms with E-state index < -0.39 is 6.55 Å². The zero-order valence-corrected chi connectivity index (χ0v) is 8.81. The maximum atomic E-state index is 12.3. The Hall–Kier alpha value is -1.50. The summed E-state index contributed by atoms with van der Waals surface area (Å²) in [5, 5.41) is 3.50. The first-order valence-electron chi connectivity index (χ1n) is 4.89. The van der Waals surface area contributed by atoms with Gasteiger partial charge >= 0.3 is 6.55 Å². The molecule has 0 atom stereocenters. The van der Waals surface area contributed by atoms with Gasteiger partial charge in [0.05, 0.1) is 24.6 Å². The van der Waals surface area contributed by atoms with Gasteiger partial charge in [-0.25, -0.2) is 4.68 Å². The van der Waals surface area contributed by atoms with Crippen LogP contribution in [-0.2, 0) is 4.79 Å². The van der Waals surface area contributed by atoms with E-state index in [0.29, 0.717) is 23.5 Å². The highest BCUT2D eigenvalue weighted by Crippen LogP contribution is 2.18. The highest BCUT2D eigenvalue weighted by Gasteiger charge is 2.24. The highest BCUT2D eigenvalue weighted by atomic mass is 19.3. The Labute approximate surface area is 91.2 Å². The van der Waals surface area contributed by atoms with Gasteiger partial charge < -0.3 is 4.90 Å². The van der Waals surface area contributed by atoms with Crippen molar-refractivity contribution in [3.05, 3.63) is 12.4 Å². The number of aromatic nitrogens is 2. The molecule has 0 saturated carbocycles. The summed E-state index contributed by atoms with van der Waals surface area (Å²) < 4.78 is 25.1. The molecule has 2 heterocycles. The van der Waals surface area contributed by atoms with Crippen LogP contribution in [0.3, 0.4) is 0 Å². The minimum absolute atomic E-state index is 0.0948. The molecule has 0 bridgehead atoms. The molecule has 1 saturated heterocycles. The molecule has 0 unspecified atom stereocenters. The summed E-state index contributed by atoms with van der Waals surface area (Å²) in [6.45, 7) is -1.13. The second kappa shape index (κ2) is 4.17. The second-order valence-corrected chi connectivity index (χ2v) is 3.74. The van der Waals surface area contributed by atoms with Crippen molar-refractivity contribution in [2.24, 2.45) is 0 Å². The third-order valence-electron chi connectivity index (χ3n) is 2.51. The van der Waals surface area contributed by atoms with Crippen molar-refractivity contribution in [3.63, 3.8) is 0 Å². The maximum absolute atomic E-state index is 12.3. The van der Waals surface area contributed by atoms with E-state index in [-0.39, 0.29) is 5.91 Å². The number of rotatable bonds is 2. The molecule has 88 valence electrons. The van der Waals surface area contributed by atoms with Crippen molar-refractivity contribution in [2.75, 3.05) is 31.6 Å². The maximum Gasteiger partial charge on any atom is 0.333 e. The minimum Gasteiger partial charge on any atom is -0.307 e. The standard InChI is InChI=1S/C9H12F2N4O/c1-13-2-3-14(8(16)6-13)7-4-12-15(5-7)9(10)11/h4-5,9H,2-3,6H2,1H3. The van der Waals surface area contributed by atoms with Crippen molar-refractivity contribution in [1.82, 2.24) is 14.7 Å². The van der Waals surface area contributed by atoms with Crippen molar-refractivity contribution in [3.8, 4) is 0 Å². The van der Waals surface area contributed by atoms with Crippen LogP contribution in [0.5, 0.6) is 0 Å². The summed E-state index contributed by atoms with van der Waals surface area (Å²) in [6.07, 6.45) is 2.48. The molecule has 1 fully saturated rings. The van der Waals surface area contributed by atoms with E-state index in [2.05, 4.69) is 5.10 Å². The smallest absolute Gasteiger partial charge is 0.307 e. The van der Waals surface area contributed by atoms with Gasteiger partial charge in [-0.05, 0) is 7.05 Å². The Kier molecular flexibility index (Phi) is 2.86. The second-order valence-electron chi connectivity index (χ2n) is 3.74. The number of nitrogens with zero attached hydrogens (tertiary/aromatic N) is 4. The number of piperazine rings is 1. The molecular weight excluding hydrogens is 218 g/mol. The Balaban J connectivity index is 2.14. The Morgan fingerprint density at radius 1 is 1.44 bits per heavy atom. The van der Waals surface area contributed by atoms with E-state index in [1.807, 2.05) is 11.9 Å². The summed E-state index contributed by atoms with van der Waals surface area (Å²) in [5.74, 6) is -0.0948. The fraction of sp³-hybridized carbons (Fsp3) is 0.556. The molecule has 5 nitrogen and oxygen atoms in total. The summed E-state index contributed by atoms with van der Waals surface area (Å²) >= 11 is 0. The first-order chi connectivity index (χ1) is 7.58. The van der Waals surface area contributed by atoms with Gasteiger partial charge in [0.25, 0.3) is 0 Å². The molecule has 7 heteroatoms. The van der Waals surface area contributed by atoms with Crippen molar-refractivity contribution >= 4 is 11.6 Å². The topological polar surface area (TPSA) is 41.4 Å². The molecule has 0 radical (unpaired) electrons. The normalized spacial score (nSPS) is 18.5. The van der Waals surface area contributed by atoms with E-state index in [9.17, 15) is 13.6 Å². The van der Waals surface area contributed by atoms with Gasteiger partial charge in [0.1, 0.15) is 0 Å². The van der Waals surface area contributed by atoms with E-state index >= 15 is 0 Å². The Morgan fingerprint density at radius 2 is 2.19 bits per heavy atom. The van der Waals surface area contributed by atoms with Crippen LogP contribution in [0.1, 0.15) is 6.55 Å². The third-order valence-corrected chi connectivity index (χ3v) is 2.51. The summed E-state index contributed by atoms with van der Waals surface area (Å²) in [4.78, 5) is 15.0. The number of amides is 1. The molecule has 16 heavy (non-hydrogen) atoms. The van der Waals surface area contributed by atoms with Crippen LogP contribution in [0, 0.1) is 0 Å². The van der Waals surface area contributed by atoms with E-state index in [4.69, 9.17) is 0 Å². The van der Waals surface area contributed by atoms with Gasteiger partial charge in [0.15, 0.2) is 0 Å². The molecule has 0 spiro atoms. The van der Waals surface area contributed by atoms with Crippen LogP contribution in [0.25, 0.3) is 0 Å². The van der Waals surface area contributed by atoms with Crippen LogP contribution in [0.15, 0.2) is 12.4 Å². The summed E-state index contributed by atoms with van der Waals surface area (Å²) in [6, 6.07) is 0. The lowest BCUT2D eigenvalue weighted by molar-refractivity contribution is -0.120. The van der Waals surface area contributed by atoms with Crippen molar-refractivity contribution in [2.45, 2.75) is 6.55 Å². The van der Waals surface area contributed by atoms with E-state index in [1.165, 1.54) is 17.3 Å². The summed E-state index contributed by atoms with van der Waals surface area (Å²) in [7, 11) is 1.85. The number of carbonyl (C=O) groups excluding carboxylic acids is 1. The van der Waals surface area contributed by atoms with Crippen molar-refractivity contribution in [1.29, 1.82) is 0 Å². The molecular formula is C9H12F2N4O. The number of hydrogen-bond acceptors (Lipinski definition) is 3. The molecule has 0 N–H and O–H groups in total. The fourth-order valence-corrected chi connectivity index (χ4v) is 1.64. The molecule has 1 aliphatic heterocycles. The predicted molar refractivity (Wildman–Crippen MR) is 53.3 cm³/mol. The zero-order valence-electron chi connectivity index (χ0n) is 8.81. The number of alkyl halides is 2. The minimum atomic E-state index is -2.67. The number of anilines is 1. The first kappa shape index (κ1) is 11.0. The quantitative estimate of drug-likeness (QED) is 0.745. The van der Waals surface area contributed by atoms with Crippen LogP contribution in [0.2, 0.25) is 0 Å². The number of halogens is 2. The molecule has 1 aromatic rings. The lowest BCUT2D eigenvalue weighted by Crippen LogP contribution is -2.48. The predicted octanol–water partition coefficient (Wildman–Crippen LogP) is 0.557. The van der Waals surface area contributed by atoms with Gasteiger partial charge in [-0.1, -0.05) is 0 Å². The SMILES string of the molecule is CN1CCN(c2cnn(C(F)F)c2)C(=O)C1. The van der Waals surface area contributed by atoms with Gasteiger partial charge in [0, 0.05) is 13.1 Å². The molecule has 0 aliphatic carbocycles. The molecule has 1 aliphatic rings. The van der Waals surface area contributed by atoms with E-state index in [1.54, 1.807) is 0 Å². The van der Waals surface area contributed by atoms with Crippen LogP contribution in [-0.4, -0.2) is 47.3 Å². The number of hydrogen-bond donors (Lipinski definition) is 0. The van der Waals surface area contributed by atoms with Gasteiger partial charge in [-0.3, -0.25) is 9.69 Å². The first-order valence-corrected chi connectivity index (χ1v) is 4.89. The monoisotopic (exact) mass is 230 g/mol. The molecule has 1 aromatic heterocycles. The van der Waals surface area contributed by atoms with Gasteiger partial charge in [-0.15, -0.1) is 0 Å².